The summed E-state index contributed by atoms with van der Waals surface area (Å²) in [5, 5.41) is 4.30. The molecular formula is C23H17BS3. The van der Waals surface area contributed by atoms with Gasteiger partial charge >= 0.3 is 0 Å². The highest BCUT2D eigenvalue weighted by atomic mass is 32.2. The van der Waals surface area contributed by atoms with E-state index in [0.717, 1.165) is 0 Å². The van der Waals surface area contributed by atoms with Crippen molar-refractivity contribution in [1.82, 2.24) is 0 Å². The lowest BCUT2D eigenvalue weighted by molar-refractivity contribution is 1.70. The van der Waals surface area contributed by atoms with Crippen LogP contribution in [0.2, 0.25) is 0 Å². The maximum absolute atomic E-state index is 2.39. The predicted octanol–water partition coefficient (Wildman–Crippen LogP) is 6.10. The van der Waals surface area contributed by atoms with Crippen LogP contribution in [0.25, 0.3) is 33.0 Å². The van der Waals surface area contributed by atoms with E-state index >= 15 is 0 Å². The van der Waals surface area contributed by atoms with Crippen LogP contribution in [-0.4, -0.2) is 12.2 Å². The van der Waals surface area contributed by atoms with Gasteiger partial charge in [-0.05, 0) is 51.4 Å². The van der Waals surface area contributed by atoms with Crippen LogP contribution in [0.4, 0.5) is 0 Å². The van der Waals surface area contributed by atoms with Crippen molar-refractivity contribution in [3.8, 4) is 20.9 Å². The van der Waals surface area contributed by atoms with Crippen LogP contribution in [0.3, 0.4) is 0 Å². The molecule has 0 spiro atoms. The molecule has 0 amide bonds. The first-order valence-electron chi connectivity index (χ1n) is 8.90. The van der Waals surface area contributed by atoms with Crippen molar-refractivity contribution in [1.29, 1.82) is 0 Å². The molecule has 27 heavy (non-hydrogen) atoms. The molecule has 4 heteroatoms. The number of fused-ring (bicyclic) bond motifs is 2. The third-order valence-electron chi connectivity index (χ3n) is 5.03. The molecule has 1 aliphatic heterocycles. The molecule has 0 saturated heterocycles. The summed E-state index contributed by atoms with van der Waals surface area (Å²) in [4.78, 5) is 2.66. The average molecular weight is 400 g/mol. The lowest BCUT2D eigenvalue weighted by atomic mass is 9.59. The molecule has 0 saturated carbocycles. The molecule has 1 aliphatic rings. The van der Waals surface area contributed by atoms with Gasteiger partial charge in [0.25, 0.3) is 5.99 Å². The molecule has 2 aromatic carbocycles. The highest BCUT2D eigenvalue weighted by molar-refractivity contribution is 8.27. The van der Waals surface area contributed by atoms with E-state index in [9.17, 15) is 0 Å². The monoisotopic (exact) mass is 400 g/mol. The summed E-state index contributed by atoms with van der Waals surface area (Å²) in [7, 11) is 0. The van der Waals surface area contributed by atoms with E-state index in [0.29, 0.717) is 5.99 Å². The zero-order chi connectivity index (χ0) is 18.2. The Morgan fingerprint density at radius 3 is 1.63 bits per heavy atom. The first kappa shape index (κ1) is 17.1. The van der Waals surface area contributed by atoms with Crippen molar-refractivity contribution in [2.75, 3.05) is 6.26 Å². The van der Waals surface area contributed by atoms with E-state index in [1.165, 1.54) is 42.9 Å². The maximum atomic E-state index is 2.39. The second kappa shape index (κ2) is 7.19. The topological polar surface area (TPSA) is 0 Å². The van der Waals surface area contributed by atoms with E-state index in [4.69, 9.17) is 0 Å². The Morgan fingerprint density at radius 2 is 1.22 bits per heavy atom. The fraction of sp³-hybridized carbons (Fsp3) is 0.0435. The smallest absolute Gasteiger partial charge is 0.200 e. The minimum Gasteiger partial charge on any atom is -0.200 e. The summed E-state index contributed by atoms with van der Waals surface area (Å²) >= 11 is 5.53. The summed E-state index contributed by atoms with van der Waals surface area (Å²) in [5.41, 5.74) is 8.09. The Kier molecular flexibility index (Phi) is 4.56. The normalized spacial score (nSPS) is 12.6. The average Bonchev–Trinajstić information content (AvgIpc) is 3.40. The minimum absolute atomic E-state index is 0.338. The van der Waals surface area contributed by atoms with Gasteiger partial charge in [0.15, 0.2) is 0 Å². The van der Waals surface area contributed by atoms with E-state index in [2.05, 4.69) is 89.8 Å². The van der Waals surface area contributed by atoms with Crippen LogP contribution >= 0.6 is 34.3 Å². The molecule has 2 aromatic heterocycles. The van der Waals surface area contributed by atoms with E-state index in [-0.39, 0.29) is 0 Å². The number of benzene rings is 2. The Morgan fingerprint density at radius 1 is 0.704 bits per heavy atom. The third-order valence-corrected chi connectivity index (χ3v) is 7.85. The van der Waals surface area contributed by atoms with Gasteiger partial charge in [-0.15, -0.1) is 22.7 Å². The molecule has 0 N–H and O–H groups in total. The molecule has 4 aromatic rings. The Hall–Kier alpha value is -2.01. The Labute approximate surface area is 172 Å². The summed E-state index contributed by atoms with van der Waals surface area (Å²) < 4.78 is 0. The van der Waals surface area contributed by atoms with E-state index in [1.807, 2.05) is 11.6 Å². The molecule has 0 unspecified atom stereocenters. The molecule has 0 bridgehead atoms. The maximum Gasteiger partial charge on any atom is 0.275 e. The van der Waals surface area contributed by atoms with Crippen molar-refractivity contribution in [3.05, 3.63) is 82.6 Å². The van der Waals surface area contributed by atoms with Gasteiger partial charge in [0.2, 0.25) is 0 Å². The van der Waals surface area contributed by atoms with Gasteiger partial charge < -0.3 is 0 Å². The highest BCUT2D eigenvalue weighted by Gasteiger charge is 2.26. The van der Waals surface area contributed by atoms with Gasteiger partial charge in [-0.25, -0.2) is 11.6 Å². The van der Waals surface area contributed by atoms with Gasteiger partial charge in [0.1, 0.15) is 0 Å². The van der Waals surface area contributed by atoms with Gasteiger partial charge in [0.05, 0.1) is 0 Å². The molecule has 0 aliphatic carbocycles. The predicted molar refractivity (Wildman–Crippen MR) is 127 cm³/mol. The number of thiophene rings is 2. The Balaban J connectivity index is 1.67. The second-order valence-corrected chi connectivity index (χ2v) is 9.43. The van der Waals surface area contributed by atoms with Crippen LogP contribution in [-0.2, 0) is 0 Å². The zero-order valence-corrected chi connectivity index (χ0v) is 17.3. The van der Waals surface area contributed by atoms with E-state index < -0.39 is 0 Å². The van der Waals surface area contributed by atoms with Gasteiger partial charge in [-0.3, -0.25) is 0 Å². The van der Waals surface area contributed by atoms with Crippen LogP contribution < -0.4 is 10.9 Å². The molecule has 5 rings (SSSR count). The van der Waals surface area contributed by atoms with Crippen LogP contribution in [0, 0.1) is 0 Å². The van der Waals surface area contributed by atoms with E-state index in [1.54, 1.807) is 22.7 Å². The summed E-state index contributed by atoms with van der Waals surface area (Å²) in [5.74, 6) is 0.338. The fourth-order valence-electron chi connectivity index (χ4n) is 3.70. The summed E-state index contributed by atoms with van der Waals surface area (Å²) in [6.45, 7) is 0. The zero-order valence-electron chi connectivity index (χ0n) is 14.9. The molecule has 0 radical (unpaired) electrons. The van der Waals surface area contributed by atoms with Crippen molar-refractivity contribution < 1.29 is 0 Å². The summed E-state index contributed by atoms with van der Waals surface area (Å²) in [6.07, 6.45) is 6.76. The summed E-state index contributed by atoms with van der Waals surface area (Å²) in [6, 6.07) is 22.5. The SMILES string of the molecule is CSB1c2cc(-c3cccs3)ccc2C=Cc2ccc(-c3cccs3)cc21. The third kappa shape index (κ3) is 3.12. The quantitative estimate of drug-likeness (QED) is 0.375. The number of hydrogen-bond donors (Lipinski definition) is 0. The lowest BCUT2D eigenvalue weighted by Crippen LogP contribution is -2.41. The van der Waals surface area contributed by atoms with Crippen molar-refractivity contribution >= 4 is 63.4 Å². The standard InChI is InChI=1S/C23H17BS3/c1-25-24-20-14-18(22-4-2-12-26-22)10-8-16(20)6-7-17-9-11-19(15-21(17)24)23-5-3-13-27-23/h2-15H,1H3. The minimum atomic E-state index is 0.338. The van der Waals surface area contributed by atoms with Gasteiger partial charge in [0, 0.05) is 9.75 Å². The lowest BCUT2D eigenvalue weighted by Gasteiger charge is -2.17. The van der Waals surface area contributed by atoms with Crippen molar-refractivity contribution in [3.63, 3.8) is 0 Å². The Bertz CT molecular complexity index is 1020. The van der Waals surface area contributed by atoms with Crippen molar-refractivity contribution in [2.24, 2.45) is 0 Å². The fourth-order valence-corrected chi connectivity index (χ4v) is 6.06. The van der Waals surface area contributed by atoms with Gasteiger partial charge in [-0.2, -0.15) is 0 Å². The first-order valence-corrected chi connectivity index (χ1v) is 11.9. The number of hydrogen-bond acceptors (Lipinski definition) is 3. The number of rotatable bonds is 3. The molecule has 0 fully saturated rings. The van der Waals surface area contributed by atoms with Crippen LogP contribution in [0.1, 0.15) is 11.1 Å². The van der Waals surface area contributed by atoms with Crippen molar-refractivity contribution in [2.45, 2.75) is 0 Å². The molecule has 130 valence electrons. The van der Waals surface area contributed by atoms with Gasteiger partial charge in [-0.1, -0.05) is 71.6 Å². The molecule has 3 heterocycles. The second-order valence-electron chi connectivity index (χ2n) is 6.59. The first-order chi connectivity index (χ1) is 13.3. The largest absolute Gasteiger partial charge is 0.275 e. The molecular weight excluding hydrogens is 383 g/mol. The molecule has 0 atom stereocenters. The highest BCUT2D eigenvalue weighted by Crippen LogP contribution is 2.29. The molecule has 0 nitrogen and oxygen atoms in total. The van der Waals surface area contributed by atoms with Crippen LogP contribution in [0.15, 0.2) is 71.4 Å². The van der Waals surface area contributed by atoms with Crippen LogP contribution in [0.5, 0.6) is 0 Å².